The molecular weight excluding hydrogens is 292 g/mol. The molecule has 0 saturated heterocycles. The molecule has 3 nitrogen and oxygen atoms in total. The van der Waals surface area contributed by atoms with Crippen LogP contribution in [0.25, 0.3) is 0 Å². The maximum Gasteiger partial charge on any atom is 0.136 e. The molecule has 2 aromatic rings. The molecule has 0 radical (unpaired) electrons. The van der Waals surface area contributed by atoms with Gasteiger partial charge in [-0.2, -0.15) is 0 Å². The van der Waals surface area contributed by atoms with E-state index in [0.717, 1.165) is 28.1 Å². The summed E-state index contributed by atoms with van der Waals surface area (Å²) in [7, 11) is 3.67. The van der Waals surface area contributed by atoms with Gasteiger partial charge < -0.3 is 9.64 Å². The highest BCUT2D eigenvalue weighted by molar-refractivity contribution is 9.08. The van der Waals surface area contributed by atoms with E-state index in [2.05, 4.69) is 31.9 Å². The number of hydrogen-bond acceptors (Lipinski definition) is 3. The lowest BCUT2D eigenvalue weighted by Gasteiger charge is -2.21. The first-order chi connectivity index (χ1) is 8.76. The van der Waals surface area contributed by atoms with E-state index in [1.54, 1.807) is 13.3 Å². The van der Waals surface area contributed by atoms with Gasteiger partial charge in [-0.1, -0.05) is 28.1 Å². The first-order valence-electron chi connectivity index (χ1n) is 5.64. The average Bonchev–Trinajstić information content (AvgIpc) is 2.46. The van der Waals surface area contributed by atoms with Crippen molar-refractivity contribution < 1.29 is 4.74 Å². The molecule has 0 saturated carbocycles. The number of ether oxygens (including phenoxy) is 1. The zero-order chi connectivity index (χ0) is 13.0. The van der Waals surface area contributed by atoms with Crippen molar-refractivity contribution in [1.82, 2.24) is 4.98 Å². The van der Waals surface area contributed by atoms with Gasteiger partial charge >= 0.3 is 0 Å². The molecular formula is C14H15BrN2O. The van der Waals surface area contributed by atoms with Crippen LogP contribution in [0.5, 0.6) is 5.75 Å². The summed E-state index contributed by atoms with van der Waals surface area (Å²) in [6.45, 7) is 0. The molecule has 1 aromatic carbocycles. The Kier molecular flexibility index (Phi) is 4.20. The zero-order valence-corrected chi connectivity index (χ0v) is 12.0. The second-order valence-corrected chi connectivity index (χ2v) is 4.44. The Morgan fingerprint density at radius 3 is 2.83 bits per heavy atom. The third-order valence-electron chi connectivity index (χ3n) is 2.77. The smallest absolute Gasteiger partial charge is 0.136 e. The third kappa shape index (κ3) is 2.64. The van der Waals surface area contributed by atoms with Crippen molar-refractivity contribution in [2.24, 2.45) is 0 Å². The largest absolute Gasteiger partial charge is 0.497 e. The SMILES string of the molecule is COc1cccc(N(C)c2ncccc2CBr)c1. The highest BCUT2D eigenvalue weighted by atomic mass is 79.9. The molecule has 0 fully saturated rings. The average molecular weight is 307 g/mol. The van der Waals surface area contributed by atoms with Gasteiger partial charge in [0.2, 0.25) is 0 Å². The van der Waals surface area contributed by atoms with Crippen molar-refractivity contribution in [2.75, 3.05) is 19.1 Å². The number of halogens is 1. The van der Waals surface area contributed by atoms with Crippen LogP contribution in [-0.2, 0) is 5.33 Å². The number of hydrogen-bond donors (Lipinski definition) is 0. The number of methoxy groups -OCH3 is 1. The first-order valence-corrected chi connectivity index (χ1v) is 6.76. The minimum Gasteiger partial charge on any atom is -0.497 e. The number of aromatic nitrogens is 1. The number of rotatable bonds is 4. The van der Waals surface area contributed by atoms with Crippen molar-refractivity contribution in [3.63, 3.8) is 0 Å². The van der Waals surface area contributed by atoms with Gasteiger partial charge in [-0.3, -0.25) is 0 Å². The molecule has 18 heavy (non-hydrogen) atoms. The molecule has 0 aliphatic carbocycles. The van der Waals surface area contributed by atoms with Gasteiger partial charge in [-0.15, -0.1) is 0 Å². The predicted molar refractivity (Wildman–Crippen MR) is 77.9 cm³/mol. The maximum atomic E-state index is 5.24. The fourth-order valence-corrected chi connectivity index (χ4v) is 2.22. The normalized spacial score (nSPS) is 10.2. The van der Waals surface area contributed by atoms with Crippen LogP contribution >= 0.6 is 15.9 Å². The molecule has 0 unspecified atom stereocenters. The van der Waals surface area contributed by atoms with Gasteiger partial charge in [0, 0.05) is 35.9 Å². The Hall–Kier alpha value is -1.55. The molecule has 94 valence electrons. The topological polar surface area (TPSA) is 25.4 Å². The van der Waals surface area contributed by atoms with Crippen molar-refractivity contribution >= 4 is 27.4 Å². The zero-order valence-electron chi connectivity index (χ0n) is 10.4. The molecule has 0 spiro atoms. The summed E-state index contributed by atoms with van der Waals surface area (Å²) in [5.41, 5.74) is 2.21. The summed E-state index contributed by atoms with van der Waals surface area (Å²) in [4.78, 5) is 6.49. The molecule has 0 atom stereocenters. The first kappa shape index (κ1) is 12.9. The molecule has 4 heteroatoms. The number of alkyl halides is 1. The Morgan fingerprint density at radius 2 is 2.11 bits per heavy atom. The van der Waals surface area contributed by atoms with Crippen molar-refractivity contribution in [3.05, 3.63) is 48.2 Å². The Bertz CT molecular complexity index is 531. The van der Waals surface area contributed by atoms with Crippen LogP contribution in [0.4, 0.5) is 11.5 Å². The van der Waals surface area contributed by atoms with Crippen LogP contribution in [0, 0.1) is 0 Å². The van der Waals surface area contributed by atoms with Crippen LogP contribution in [0.15, 0.2) is 42.6 Å². The molecule has 1 aromatic heterocycles. The Balaban J connectivity index is 2.37. The predicted octanol–water partition coefficient (Wildman–Crippen LogP) is 3.75. The van der Waals surface area contributed by atoms with Crippen LogP contribution in [0.2, 0.25) is 0 Å². The number of anilines is 2. The molecule has 2 rings (SSSR count). The van der Waals surface area contributed by atoms with Gasteiger partial charge in [-0.05, 0) is 18.2 Å². The monoisotopic (exact) mass is 306 g/mol. The molecule has 0 aliphatic rings. The lowest BCUT2D eigenvalue weighted by molar-refractivity contribution is 0.415. The van der Waals surface area contributed by atoms with Crippen LogP contribution < -0.4 is 9.64 Å². The summed E-state index contributed by atoms with van der Waals surface area (Å²) in [5.74, 6) is 1.79. The van der Waals surface area contributed by atoms with Gasteiger partial charge in [0.15, 0.2) is 0 Å². The maximum absolute atomic E-state index is 5.24. The van der Waals surface area contributed by atoms with Gasteiger partial charge in [0.1, 0.15) is 11.6 Å². The summed E-state index contributed by atoms with van der Waals surface area (Å²) in [6, 6.07) is 11.9. The molecule has 0 bridgehead atoms. The lowest BCUT2D eigenvalue weighted by Crippen LogP contribution is -2.13. The number of pyridine rings is 1. The number of benzene rings is 1. The van der Waals surface area contributed by atoms with E-state index in [9.17, 15) is 0 Å². The fraction of sp³-hybridized carbons (Fsp3) is 0.214. The molecule has 0 N–H and O–H groups in total. The van der Waals surface area contributed by atoms with E-state index >= 15 is 0 Å². The quantitative estimate of drug-likeness (QED) is 0.804. The molecule has 0 amide bonds. The van der Waals surface area contributed by atoms with Crippen molar-refractivity contribution in [3.8, 4) is 5.75 Å². The van der Waals surface area contributed by atoms with E-state index in [-0.39, 0.29) is 0 Å². The van der Waals surface area contributed by atoms with Gasteiger partial charge in [-0.25, -0.2) is 4.98 Å². The number of nitrogens with zero attached hydrogens (tertiary/aromatic N) is 2. The van der Waals surface area contributed by atoms with E-state index in [1.165, 1.54) is 0 Å². The van der Waals surface area contributed by atoms with E-state index in [4.69, 9.17) is 4.74 Å². The minimum absolute atomic E-state index is 0.782. The van der Waals surface area contributed by atoms with Gasteiger partial charge in [0.05, 0.1) is 7.11 Å². The van der Waals surface area contributed by atoms with E-state index in [1.807, 2.05) is 37.4 Å². The van der Waals surface area contributed by atoms with Crippen LogP contribution in [0.1, 0.15) is 5.56 Å². The summed E-state index contributed by atoms with van der Waals surface area (Å²) in [6.07, 6.45) is 1.80. The van der Waals surface area contributed by atoms with Crippen LogP contribution in [-0.4, -0.2) is 19.1 Å². The van der Waals surface area contributed by atoms with Gasteiger partial charge in [0.25, 0.3) is 0 Å². The van der Waals surface area contributed by atoms with Crippen LogP contribution in [0.3, 0.4) is 0 Å². The summed E-state index contributed by atoms with van der Waals surface area (Å²) in [5, 5.41) is 0.782. The minimum atomic E-state index is 0.782. The summed E-state index contributed by atoms with van der Waals surface area (Å²) < 4.78 is 5.24. The fourth-order valence-electron chi connectivity index (χ4n) is 1.78. The second kappa shape index (κ2) is 5.87. The highest BCUT2D eigenvalue weighted by Gasteiger charge is 2.10. The Morgan fingerprint density at radius 1 is 1.28 bits per heavy atom. The van der Waals surface area contributed by atoms with E-state index < -0.39 is 0 Å². The lowest BCUT2D eigenvalue weighted by atomic mass is 10.2. The van der Waals surface area contributed by atoms with Crippen molar-refractivity contribution in [2.45, 2.75) is 5.33 Å². The second-order valence-electron chi connectivity index (χ2n) is 3.88. The Labute approximate surface area is 116 Å². The standard InChI is InChI=1S/C14H15BrN2O/c1-17(12-6-3-7-13(9-12)18-2)14-11(10-15)5-4-8-16-14/h3-9H,10H2,1-2H3. The van der Waals surface area contributed by atoms with Crippen molar-refractivity contribution in [1.29, 1.82) is 0 Å². The molecule has 1 heterocycles. The van der Waals surface area contributed by atoms with E-state index in [0.29, 0.717) is 0 Å². The highest BCUT2D eigenvalue weighted by Crippen LogP contribution is 2.28. The summed E-state index contributed by atoms with van der Waals surface area (Å²) >= 11 is 3.49. The third-order valence-corrected chi connectivity index (χ3v) is 3.37. The molecule has 0 aliphatic heterocycles.